The Morgan fingerprint density at radius 1 is 1.50 bits per heavy atom. The maximum Gasteiger partial charge on any atom is 0.129 e. The number of piperidine rings is 1. The van der Waals surface area contributed by atoms with Crippen molar-refractivity contribution >= 4 is 11.6 Å². The van der Waals surface area contributed by atoms with Crippen LogP contribution in [0.2, 0.25) is 5.15 Å². The molecule has 1 atom stereocenters. The molecule has 3 nitrogen and oxygen atoms in total. The molecule has 1 aliphatic heterocycles. The standard InChI is InChI=1S/C14H21ClN2O/c1-2-8-18-13-4-3-7-17(11-13)10-12-5-6-14(15)16-9-12/h5-6,9,13H,2-4,7-8,10-11H2,1H3. The van der Waals surface area contributed by atoms with Crippen LogP contribution < -0.4 is 0 Å². The van der Waals surface area contributed by atoms with Crippen LogP contribution in [-0.2, 0) is 11.3 Å². The third-order valence-electron chi connectivity index (χ3n) is 3.21. The van der Waals surface area contributed by atoms with Gasteiger partial charge in [0.05, 0.1) is 6.10 Å². The summed E-state index contributed by atoms with van der Waals surface area (Å²) in [4.78, 5) is 6.56. The van der Waals surface area contributed by atoms with Gasteiger partial charge in [-0.2, -0.15) is 0 Å². The zero-order valence-corrected chi connectivity index (χ0v) is 11.7. The minimum atomic E-state index is 0.402. The van der Waals surface area contributed by atoms with Gasteiger partial charge in [-0.25, -0.2) is 4.98 Å². The molecule has 0 aliphatic carbocycles. The molecule has 2 heterocycles. The Kier molecular flexibility index (Phi) is 5.42. The lowest BCUT2D eigenvalue weighted by atomic mass is 10.1. The fourth-order valence-electron chi connectivity index (χ4n) is 2.34. The van der Waals surface area contributed by atoms with Gasteiger partial charge in [-0.3, -0.25) is 4.90 Å². The summed E-state index contributed by atoms with van der Waals surface area (Å²) in [6.07, 6.45) is 5.76. The summed E-state index contributed by atoms with van der Waals surface area (Å²) < 4.78 is 5.84. The number of hydrogen-bond acceptors (Lipinski definition) is 3. The van der Waals surface area contributed by atoms with Gasteiger partial charge in [0.2, 0.25) is 0 Å². The molecule has 1 aromatic heterocycles. The molecule has 0 saturated carbocycles. The van der Waals surface area contributed by atoms with E-state index in [1.54, 1.807) is 0 Å². The Morgan fingerprint density at radius 3 is 3.11 bits per heavy atom. The molecule has 0 N–H and O–H groups in total. The van der Waals surface area contributed by atoms with Crippen LogP contribution in [0.15, 0.2) is 18.3 Å². The number of nitrogens with zero attached hydrogens (tertiary/aromatic N) is 2. The van der Waals surface area contributed by atoms with Gasteiger partial charge in [0, 0.05) is 25.9 Å². The highest BCUT2D eigenvalue weighted by Gasteiger charge is 2.20. The van der Waals surface area contributed by atoms with Gasteiger partial charge in [-0.15, -0.1) is 0 Å². The van der Waals surface area contributed by atoms with E-state index in [1.165, 1.54) is 18.4 Å². The fraction of sp³-hybridized carbons (Fsp3) is 0.643. The van der Waals surface area contributed by atoms with Gasteiger partial charge in [-0.05, 0) is 37.4 Å². The minimum absolute atomic E-state index is 0.402. The lowest BCUT2D eigenvalue weighted by molar-refractivity contribution is -0.00225. The molecule has 0 spiro atoms. The normalized spacial score (nSPS) is 21.1. The molecule has 0 bridgehead atoms. The first-order valence-electron chi connectivity index (χ1n) is 6.72. The minimum Gasteiger partial charge on any atom is -0.377 e. The fourth-order valence-corrected chi connectivity index (χ4v) is 2.45. The highest BCUT2D eigenvalue weighted by molar-refractivity contribution is 6.29. The summed E-state index contributed by atoms with van der Waals surface area (Å²) in [5.41, 5.74) is 1.22. The van der Waals surface area contributed by atoms with Crippen molar-refractivity contribution in [2.75, 3.05) is 19.7 Å². The molecular formula is C14H21ClN2O. The maximum atomic E-state index is 5.84. The second kappa shape index (κ2) is 7.07. The van der Waals surface area contributed by atoms with Crippen molar-refractivity contribution in [3.63, 3.8) is 0 Å². The number of ether oxygens (including phenoxy) is 1. The van der Waals surface area contributed by atoms with Crippen molar-refractivity contribution in [2.24, 2.45) is 0 Å². The van der Waals surface area contributed by atoms with Crippen molar-refractivity contribution in [2.45, 2.75) is 38.8 Å². The smallest absolute Gasteiger partial charge is 0.129 e. The van der Waals surface area contributed by atoms with E-state index in [1.807, 2.05) is 18.3 Å². The Labute approximate surface area is 114 Å². The molecule has 4 heteroatoms. The molecule has 1 fully saturated rings. The second-order valence-electron chi connectivity index (χ2n) is 4.86. The highest BCUT2D eigenvalue weighted by atomic mass is 35.5. The van der Waals surface area contributed by atoms with Gasteiger partial charge in [0.1, 0.15) is 5.15 Å². The average molecular weight is 269 g/mol. The van der Waals surface area contributed by atoms with E-state index in [0.29, 0.717) is 11.3 Å². The Bertz CT molecular complexity index is 355. The zero-order chi connectivity index (χ0) is 12.8. The molecule has 100 valence electrons. The maximum absolute atomic E-state index is 5.84. The van der Waals surface area contributed by atoms with Gasteiger partial charge < -0.3 is 4.74 Å². The predicted octanol–water partition coefficient (Wildman–Crippen LogP) is 3.13. The van der Waals surface area contributed by atoms with Crippen LogP contribution in [0.1, 0.15) is 31.7 Å². The largest absolute Gasteiger partial charge is 0.377 e. The first kappa shape index (κ1) is 13.8. The van der Waals surface area contributed by atoms with Crippen molar-refractivity contribution in [1.82, 2.24) is 9.88 Å². The summed E-state index contributed by atoms with van der Waals surface area (Å²) in [7, 11) is 0. The van der Waals surface area contributed by atoms with E-state index < -0.39 is 0 Å². The van der Waals surface area contributed by atoms with E-state index in [2.05, 4.69) is 16.8 Å². The van der Waals surface area contributed by atoms with Crippen LogP contribution >= 0.6 is 11.6 Å². The van der Waals surface area contributed by atoms with Crippen LogP contribution in [0.5, 0.6) is 0 Å². The molecule has 1 aliphatic rings. The second-order valence-corrected chi connectivity index (χ2v) is 5.25. The Hall–Kier alpha value is -0.640. The topological polar surface area (TPSA) is 25.4 Å². The van der Waals surface area contributed by atoms with Gasteiger partial charge in [0.25, 0.3) is 0 Å². The van der Waals surface area contributed by atoms with Gasteiger partial charge in [0.15, 0.2) is 0 Å². The molecule has 1 saturated heterocycles. The monoisotopic (exact) mass is 268 g/mol. The molecule has 2 rings (SSSR count). The predicted molar refractivity (Wildman–Crippen MR) is 73.8 cm³/mol. The molecule has 1 unspecified atom stereocenters. The van der Waals surface area contributed by atoms with E-state index in [4.69, 9.17) is 16.3 Å². The first-order chi connectivity index (χ1) is 8.78. The van der Waals surface area contributed by atoms with Crippen molar-refractivity contribution in [3.05, 3.63) is 29.0 Å². The number of aromatic nitrogens is 1. The summed E-state index contributed by atoms with van der Waals surface area (Å²) in [5.74, 6) is 0. The van der Waals surface area contributed by atoms with E-state index in [0.717, 1.165) is 32.7 Å². The van der Waals surface area contributed by atoms with Crippen LogP contribution in [0.25, 0.3) is 0 Å². The van der Waals surface area contributed by atoms with Gasteiger partial charge in [-0.1, -0.05) is 24.6 Å². The summed E-state index contributed by atoms with van der Waals surface area (Å²) >= 11 is 5.79. The zero-order valence-electron chi connectivity index (χ0n) is 10.9. The van der Waals surface area contributed by atoms with Crippen LogP contribution in [-0.4, -0.2) is 35.7 Å². The van der Waals surface area contributed by atoms with Gasteiger partial charge >= 0.3 is 0 Å². The van der Waals surface area contributed by atoms with Crippen LogP contribution in [0.4, 0.5) is 0 Å². The summed E-state index contributed by atoms with van der Waals surface area (Å²) in [6, 6.07) is 3.90. The quantitative estimate of drug-likeness (QED) is 0.767. The van der Waals surface area contributed by atoms with Crippen LogP contribution in [0, 0.1) is 0 Å². The Balaban J connectivity index is 1.83. The molecule has 0 amide bonds. The highest BCUT2D eigenvalue weighted by Crippen LogP contribution is 2.16. The average Bonchev–Trinajstić information content (AvgIpc) is 2.40. The number of halogens is 1. The van der Waals surface area contributed by atoms with Crippen molar-refractivity contribution in [3.8, 4) is 0 Å². The Morgan fingerprint density at radius 2 is 2.39 bits per heavy atom. The summed E-state index contributed by atoms with van der Waals surface area (Å²) in [5, 5.41) is 0.557. The third kappa shape index (κ3) is 4.23. The van der Waals surface area contributed by atoms with E-state index >= 15 is 0 Å². The number of pyridine rings is 1. The third-order valence-corrected chi connectivity index (χ3v) is 3.44. The van der Waals surface area contributed by atoms with Crippen LogP contribution in [0.3, 0.4) is 0 Å². The number of rotatable bonds is 5. The number of likely N-dealkylation sites (tertiary alicyclic amines) is 1. The molecule has 0 radical (unpaired) electrons. The molecule has 1 aromatic rings. The lowest BCUT2D eigenvalue weighted by Crippen LogP contribution is -2.39. The molecular weight excluding hydrogens is 248 g/mol. The van der Waals surface area contributed by atoms with Crippen molar-refractivity contribution < 1.29 is 4.74 Å². The lowest BCUT2D eigenvalue weighted by Gasteiger charge is -2.32. The number of hydrogen-bond donors (Lipinski definition) is 0. The summed E-state index contributed by atoms with van der Waals surface area (Å²) in [6.45, 7) is 6.15. The van der Waals surface area contributed by atoms with E-state index in [9.17, 15) is 0 Å². The van der Waals surface area contributed by atoms with Crippen molar-refractivity contribution in [1.29, 1.82) is 0 Å². The van der Waals surface area contributed by atoms with E-state index in [-0.39, 0.29) is 0 Å². The molecule has 0 aromatic carbocycles. The SMILES string of the molecule is CCCOC1CCCN(Cc2ccc(Cl)nc2)C1. The molecule has 18 heavy (non-hydrogen) atoms. The first-order valence-corrected chi connectivity index (χ1v) is 7.10.